The van der Waals surface area contributed by atoms with E-state index in [0.29, 0.717) is 0 Å². The Hall–Kier alpha value is -0.620. The highest BCUT2D eigenvalue weighted by atomic mass is 32.2. The monoisotopic (exact) mass is 285 g/mol. The van der Waals surface area contributed by atoms with Crippen molar-refractivity contribution < 1.29 is 38.7 Å². The van der Waals surface area contributed by atoms with Gasteiger partial charge in [-0.2, -0.15) is 0 Å². The van der Waals surface area contributed by atoms with E-state index in [2.05, 4.69) is 0 Å². The van der Waals surface area contributed by atoms with Crippen LogP contribution in [0.3, 0.4) is 0 Å². The first kappa shape index (κ1) is 15.4. The second-order valence-electron chi connectivity index (χ2n) is 3.85. The first-order chi connectivity index (χ1) is 8.32. The van der Waals surface area contributed by atoms with Gasteiger partial charge in [-0.15, -0.1) is 0 Å². The molecule has 4 unspecified atom stereocenters. The maximum Gasteiger partial charge on any atom is 0.261 e. The summed E-state index contributed by atoms with van der Waals surface area (Å²) >= 11 is -2.47. The van der Waals surface area contributed by atoms with E-state index in [1.54, 1.807) is 4.72 Å². The number of aliphatic hydroxyl groups excluding tert-OH is 4. The number of ether oxygens (including phenoxy) is 1. The van der Waals surface area contributed by atoms with E-state index in [1.807, 2.05) is 0 Å². The summed E-state index contributed by atoms with van der Waals surface area (Å²) in [5.41, 5.74) is 0. The second kappa shape index (κ2) is 6.52. The van der Waals surface area contributed by atoms with Crippen molar-refractivity contribution in [2.45, 2.75) is 43.5 Å². The lowest BCUT2D eigenvalue weighted by atomic mass is 9.96. The third-order valence-electron chi connectivity index (χ3n) is 2.54. The van der Waals surface area contributed by atoms with Crippen LogP contribution in [0.2, 0.25) is 0 Å². The molecule has 0 aromatic carbocycles. The Morgan fingerprint density at radius 1 is 1.17 bits per heavy atom. The summed E-state index contributed by atoms with van der Waals surface area (Å²) in [4.78, 5) is 11.1. The van der Waals surface area contributed by atoms with E-state index in [4.69, 9.17) is 9.29 Å². The summed E-state index contributed by atoms with van der Waals surface area (Å²) in [6.07, 6.45) is -7.74. The van der Waals surface area contributed by atoms with Gasteiger partial charge in [-0.25, -0.2) is 4.21 Å². The van der Waals surface area contributed by atoms with Crippen LogP contribution in [0, 0.1) is 0 Å². The zero-order valence-electron chi connectivity index (χ0n) is 9.17. The number of amides is 1. The van der Waals surface area contributed by atoms with Crippen LogP contribution in [0.5, 0.6) is 0 Å². The molecule has 0 radical (unpaired) electrons. The average molecular weight is 285 g/mol. The highest BCUT2D eigenvalue weighted by Crippen LogP contribution is 2.22. The molecule has 0 aliphatic carbocycles. The maximum atomic E-state index is 11.1. The van der Waals surface area contributed by atoms with Gasteiger partial charge in [0, 0.05) is 6.42 Å². The number of nitrogens with one attached hydrogen (secondary N) is 1. The van der Waals surface area contributed by atoms with Crippen LogP contribution < -0.4 is 4.72 Å². The first-order valence-electron chi connectivity index (χ1n) is 5.11. The molecule has 106 valence electrons. The van der Waals surface area contributed by atoms with Crippen molar-refractivity contribution in [2.24, 2.45) is 0 Å². The lowest BCUT2D eigenvalue weighted by molar-refractivity contribution is -0.282. The highest BCUT2D eigenvalue weighted by molar-refractivity contribution is 7.77. The van der Waals surface area contributed by atoms with Crippen LogP contribution in [0.25, 0.3) is 0 Å². The normalized spacial score (nSPS) is 38.2. The van der Waals surface area contributed by atoms with Gasteiger partial charge in [-0.1, -0.05) is 0 Å². The standard InChI is InChI=1S/C8H15NO8S/c10-4(9-18(15)16)2-1-3-5(11)6(12)7(13)8(14)17-3/h3,5-8,11-14H,1-2H2,(H,9,10)(H,15,16)/t3?,5-,6?,7?,8+/m1/s1. The molecule has 0 bridgehead atoms. The fourth-order valence-corrected chi connectivity index (χ4v) is 1.89. The number of carbonyl (C=O) groups excluding carboxylic acids is 1. The molecule has 0 aromatic rings. The van der Waals surface area contributed by atoms with Gasteiger partial charge < -0.3 is 25.2 Å². The van der Waals surface area contributed by atoms with Crippen LogP contribution in [0.4, 0.5) is 0 Å². The smallest absolute Gasteiger partial charge is 0.261 e. The second-order valence-corrected chi connectivity index (χ2v) is 4.55. The van der Waals surface area contributed by atoms with Crippen LogP contribution in [0.15, 0.2) is 0 Å². The average Bonchev–Trinajstić information content (AvgIpc) is 2.28. The number of rotatable bonds is 4. The topological polar surface area (TPSA) is 157 Å². The molecule has 1 amide bonds. The van der Waals surface area contributed by atoms with Crippen LogP contribution in [0.1, 0.15) is 12.8 Å². The Balaban J connectivity index is 2.47. The van der Waals surface area contributed by atoms with E-state index < -0.39 is 47.9 Å². The molecule has 10 heteroatoms. The minimum Gasteiger partial charge on any atom is -0.388 e. The Bertz CT molecular complexity index is 326. The molecule has 1 rings (SSSR count). The lowest BCUT2D eigenvalue weighted by Crippen LogP contribution is -2.57. The minimum atomic E-state index is -2.47. The highest BCUT2D eigenvalue weighted by Gasteiger charge is 2.42. The maximum absolute atomic E-state index is 11.1. The summed E-state index contributed by atoms with van der Waals surface area (Å²) in [5.74, 6) is -0.748. The summed E-state index contributed by atoms with van der Waals surface area (Å²) < 4.78 is 25.2. The van der Waals surface area contributed by atoms with Crippen molar-refractivity contribution in [3.63, 3.8) is 0 Å². The van der Waals surface area contributed by atoms with E-state index in [1.165, 1.54) is 0 Å². The van der Waals surface area contributed by atoms with E-state index in [9.17, 15) is 29.4 Å². The van der Waals surface area contributed by atoms with Crippen molar-refractivity contribution >= 4 is 17.2 Å². The molecule has 6 atom stereocenters. The van der Waals surface area contributed by atoms with Gasteiger partial charge in [0.1, 0.15) is 18.3 Å². The quantitative estimate of drug-likeness (QED) is 0.295. The number of hydrogen-bond acceptors (Lipinski definition) is 7. The Kier molecular flexibility index (Phi) is 5.59. The Labute approximate surface area is 105 Å². The van der Waals surface area contributed by atoms with Crippen molar-refractivity contribution in [1.29, 1.82) is 0 Å². The molecule has 1 saturated heterocycles. The summed E-state index contributed by atoms with van der Waals surface area (Å²) in [7, 11) is 0. The van der Waals surface area contributed by atoms with Crippen molar-refractivity contribution in [3.8, 4) is 0 Å². The SMILES string of the molecule is O=C(CCC1O[C@H](O)C(O)C(O)[C@@H]1O)NS(=O)O. The van der Waals surface area contributed by atoms with E-state index in [0.717, 1.165) is 0 Å². The molecule has 6 N–H and O–H groups in total. The lowest BCUT2D eigenvalue weighted by Gasteiger charge is -2.38. The van der Waals surface area contributed by atoms with Crippen LogP contribution >= 0.6 is 0 Å². The number of aliphatic hydroxyl groups is 4. The Morgan fingerprint density at radius 2 is 1.78 bits per heavy atom. The molecule has 1 heterocycles. The molecule has 1 fully saturated rings. The zero-order chi connectivity index (χ0) is 13.9. The van der Waals surface area contributed by atoms with Crippen molar-refractivity contribution in [3.05, 3.63) is 0 Å². The third-order valence-corrected chi connectivity index (χ3v) is 2.95. The molecule has 1 aliphatic rings. The molecular weight excluding hydrogens is 270 g/mol. The first-order valence-corrected chi connectivity index (χ1v) is 6.21. The van der Waals surface area contributed by atoms with Gasteiger partial charge in [-0.05, 0) is 6.42 Å². The number of hydrogen-bond donors (Lipinski definition) is 6. The predicted molar refractivity (Wildman–Crippen MR) is 57.0 cm³/mol. The third kappa shape index (κ3) is 3.95. The molecule has 0 aromatic heterocycles. The molecular formula is C8H15NO8S. The van der Waals surface area contributed by atoms with Crippen LogP contribution in [-0.4, -0.2) is 65.8 Å². The predicted octanol–water partition coefficient (Wildman–Crippen LogP) is -3.18. The molecule has 1 aliphatic heterocycles. The van der Waals surface area contributed by atoms with Crippen molar-refractivity contribution in [2.75, 3.05) is 0 Å². The van der Waals surface area contributed by atoms with Gasteiger partial charge in [0.15, 0.2) is 6.29 Å². The van der Waals surface area contributed by atoms with Gasteiger partial charge in [-0.3, -0.25) is 14.1 Å². The summed E-state index contributed by atoms with van der Waals surface area (Å²) in [5, 5.41) is 37.3. The van der Waals surface area contributed by atoms with Gasteiger partial charge in [0.05, 0.1) is 6.10 Å². The van der Waals surface area contributed by atoms with E-state index in [-0.39, 0.29) is 12.8 Å². The van der Waals surface area contributed by atoms with Gasteiger partial charge >= 0.3 is 0 Å². The molecule has 18 heavy (non-hydrogen) atoms. The van der Waals surface area contributed by atoms with E-state index >= 15 is 0 Å². The fourth-order valence-electron chi connectivity index (χ4n) is 1.59. The molecule has 9 nitrogen and oxygen atoms in total. The molecule has 0 saturated carbocycles. The van der Waals surface area contributed by atoms with Crippen LogP contribution in [-0.2, 0) is 20.8 Å². The van der Waals surface area contributed by atoms with Gasteiger partial charge in [0.25, 0.3) is 11.3 Å². The van der Waals surface area contributed by atoms with Gasteiger partial charge in [0.2, 0.25) is 5.91 Å². The number of carbonyl (C=O) groups is 1. The Morgan fingerprint density at radius 3 is 2.33 bits per heavy atom. The largest absolute Gasteiger partial charge is 0.388 e. The summed E-state index contributed by atoms with van der Waals surface area (Å²) in [6.45, 7) is 0. The zero-order valence-corrected chi connectivity index (χ0v) is 9.99. The summed E-state index contributed by atoms with van der Waals surface area (Å²) in [6, 6.07) is 0. The minimum absolute atomic E-state index is 0.0922. The van der Waals surface area contributed by atoms with Crippen molar-refractivity contribution in [1.82, 2.24) is 4.72 Å². The molecule has 0 spiro atoms. The fraction of sp³-hybridized carbons (Fsp3) is 0.875.